The highest BCUT2D eigenvalue weighted by Gasteiger charge is 2.28. The Labute approximate surface area is 119 Å². The second-order valence-electron chi connectivity index (χ2n) is 5.40. The van der Waals surface area contributed by atoms with E-state index in [1.165, 1.54) is 25.0 Å². The number of fused-ring (bicyclic) bond motifs is 1. The minimum absolute atomic E-state index is 0.430. The van der Waals surface area contributed by atoms with Gasteiger partial charge in [-0.2, -0.15) is 0 Å². The van der Waals surface area contributed by atoms with Crippen LogP contribution in [-0.2, 0) is 0 Å². The molecule has 0 spiro atoms. The zero-order valence-corrected chi connectivity index (χ0v) is 11.9. The Morgan fingerprint density at radius 3 is 3.16 bits per heavy atom. The van der Waals surface area contributed by atoms with Gasteiger partial charge >= 0.3 is 0 Å². The van der Waals surface area contributed by atoms with Crippen LogP contribution in [0.3, 0.4) is 0 Å². The van der Waals surface area contributed by atoms with Crippen LogP contribution in [0.15, 0.2) is 18.3 Å². The molecule has 3 rings (SSSR count). The first-order chi connectivity index (χ1) is 9.28. The van der Waals surface area contributed by atoms with Crippen molar-refractivity contribution in [1.82, 2.24) is 10.3 Å². The van der Waals surface area contributed by atoms with Crippen LogP contribution in [-0.4, -0.2) is 25.2 Å². The molecule has 1 saturated heterocycles. The summed E-state index contributed by atoms with van der Waals surface area (Å²) in [4.78, 5) is 4.21. The number of ether oxygens (including phenoxy) is 1. The fourth-order valence-electron chi connectivity index (χ4n) is 3.17. The number of aromatic nitrogens is 1. The molecular formula is C15H19ClN2O. The van der Waals surface area contributed by atoms with Crippen molar-refractivity contribution in [3.63, 3.8) is 0 Å². The highest BCUT2D eigenvalue weighted by Crippen LogP contribution is 2.38. The van der Waals surface area contributed by atoms with Crippen LogP contribution in [0.4, 0.5) is 0 Å². The zero-order chi connectivity index (χ0) is 13.2. The highest BCUT2D eigenvalue weighted by molar-refractivity contribution is 6.30. The summed E-state index contributed by atoms with van der Waals surface area (Å²) in [6, 6.07) is 2.00. The Morgan fingerprint density at radius 2 is 2.32 bits per heavy atom. The van der Waals surface area contributed by atoms with Crippen molar-refractivity contribution in [2.45, 2.75) is 19.3 Å². The molecule has 1 N–H and O–H groups in total. The van der Waals surface area contributed by atoms with E-state index in [9.17, 15) is 0 Å². The summed E-state index contributed by atoms with van der Waals surface area (Å²) in [7, 11) is 1.63. The number of pyridine rings is 1. The van der Waals surface area contributed by atoms with E-state index in [1.54, 1.807) is 7.11 Å². The van der Waals surface area contributed by atoms with Crippen LogP contribution in [0, 0.1) is 11.8 Å². The summed E-state index contributed by atoms with van der Waals surface area (Å²) in [5, 5.41) is 3.93. The van der Waals surface area contributed by atoms with Crippen LogP contribution in [0.2, 0.25) is 5.15 Å². The highest BCUT2D eigenvalue weighted by atomic mass is 35.5. The van der Waals surface area contributed by atoms with Gasteiger partial charge in [-0.05, 0) is 61.4 Å². The molecule has 1 aliphatic heterocycles. The average molecular weight is 279 g/mol. The van der Waals surface area contributed by atoms with Crippen LogP contribution < -0.4 is 10.1 Å². The van der Waals surface area contributed by atoms with Gasteiger partial charge in [-0.25, -0.2) is 4.98 Å². The van der Waals surface area contributed by atoms with Crippen LogP contribution in [0.5, 0.6) is 5.75 Å². The number of methoxy groups -OCH3 is 1. The van der Waals surface area contributed by atoms with Gasteiger partial charge in [0.05, 0.1) is 7.11 Å². The van der Waals surface area contributed by atoms with E-state index < -0.39 is 0 Å². The van der Waals surface area contributed by atoms with E-state index >= 15 is 0 Å². The molecule has 3 nitrogen and oxygen atoms in total. The first-order valence-electron chi connectivity index (χ1n) is 6.87. The molecule has 0 aromatic carbocycles. The van der Waals surface area contributed by atoms with Gasteiger partial charge in [0, 0.05) is 6.20 Å². The SMILES string of the molecule is COc1cc(C2=CCC3CCNCC3C2)cnc1Cl. The molecule has 1 aromatic rings. The van der Waals surface area contributed by atoms with Gasteiger partial charge in [0.2, 0.25) is 0 Å². The maximum absolute atomic E-state index is 5.98. The van der Waals surface area contributed by atoms with Crippen molar-refractivity contribution >= 4 is 17.2 Å². The number of rotatable bonds is 2. The molecule has 102 valence electrons. The van der Waals surface area contributed by atoms with Crippen LogP contribution >= 0.6 is 11.6 Å². The molecule has 0 bridgehead atoms. The van der Waals surface area contributed by atoms with E-state index in [2.05, 4.69) is 16.4 Å². The second kappa shape index (κ2) is 5.51. The van der Waals surface area contributed by atoms with Gasteiger partial charge in [-0.3, -0.25) is 0 Å². The number of halogens is 1. The first-order valence-corrected chi connectivity index (χ1v) is 7.25. The van der Waals surface area contributed by atoms with Crippen molar-refractivity contribution in [1.29, 1.82) is 0 Å². The van der Waals surface area contributed by atoms with Gasteiger partial charge in [0.25, 0.3) is 0 Å². The smallest absolute Gasteiger partial charge is 0.171 e. The molecule has 1 fully saturated rings. The molecule has 2 aliphatic rings. The minimum Gasteiger partial charge on any atom is -0.494 e. The van der Waals surface area contributed by atoms with Gasteiger partial charge in [0.15, 0.2) is 10.9 Å². The maximum Gasteiger partial charge on any atom is 0.171 e. The average Bonchev–Trinajstić information content (AvgIpc) is 2.47. The maximum atomic E-state index is 5.98. The van der Waals surface area contributed by atoms with E-state index in [-0.39, 0.29) is 0 Å². The fraction of sp³-hybridized carbons (Fsp3) is 0.533. The summed E-state index contributed by atoms with van der Waals surface area (Å²) in [6.07, 6.45) is 7.84. The summed E-state index contributed by atoms with van der Waals surface area (Å²) >= 11 is 5.98. The van der Waals surface area contributed by atoms with E-state index in [0.717, 1.165) is 30.4 Å². The van der Waals surface area contributed by atoms with Crippen molar-refractivity contribution in [2.75, 3.05) is 20.2 Å². The Morgan fingerprint density at radius 1 is 1.42 bits per heavy atom. The molecule has 0 amide bonds. The lowest BCUT2D eigenvalue weighted by molar-refractivity contribution is 0.252. The normalized spacial score (nSPS) is 26.5. The standard InChI is InChI=1S/C15H19ClN2O/c1-19-14-7-13(9-18-15(14)16)11-3-2-10-4-5-17-8-12(10)6-11/h3,7,9-10,12,17H,2,4-6,8H2,1H3. The molecule has 1 aromatic heterocycles. The summed E-state index contributed by atoms with van der Waals surface area (Å²) in [6.45, 7) is 2.31. The Kier molecular flexibility index (Phi) is 3.76. The third-order valence-corrected chi connectivity index (χ3v) is 4.60. The lowest BCUT2D eigenvalue weighted by Crippen LogP contribution is -2.37. The van der Waals surface area contributed by atoms with Crippen LogP contribution in [0.1, 0.15) is 24.8 Å². The molecule has 2 atom stereocenters. The van der Waals surface area contributed by atoms with Crippen molar-refractivity contribution in [2.24, 2.45) is 11.8 Å². The quantitative estimate of drug-likeness (QED) is 0.844. The van der Waals surface area contributed by atoms with Gasteiger partial charge in [-0.15, -0.1) is 0 Å². The van der Waals surface area contributed by atoms with Crippen LogP contribution in [0.25, 0.3) is 5.57 Å². The third-order valence-electron chi connectivity index (χ3n) is 4.31. The predicted molar refractivity (Wildman–Crippen MR) is 77.5 cm³/mol. The number of hydrogen-bond donors (Lipinski definition) is 1. The molecular weight excluding hydrogens is 260 g/mol. The second-order valence-corrected chi connectivity index (χ2v) is 5.76. The number of hydrogen-bond acceptors (Lipinski definition) is 3. The number of allylic oxidation sites excluding steroid dienone is 2. The fourth-order valence-corrected chi connectivity index (χ4v) is 3.35. The summed E-state index contributed by atoms with van der Waals surface area (Å²) < 4.78 is 5.25. The van der Waals surface area contributed by atoms with E-state index in [4.69, 9.17) is 16.3 Å². The number of piperidine rings is 1. The lowest BCUT2D eigenvalue weighted by Gasteiger charge is -2.35. The van der Waals surface area contributed by atoms with Crippen molar-refractivity contribution in [3.8, 4) is 5.75 Å². The molecule has 0 saturated carbocycles. The topological polar surface area (TPSA) is 34.1 Å². The number of nitrogens with one attached hydrogen (secondary N) is 1. The van der Waals surface area contributed by atoms with Gasteiger partial charge in [-0.1, -0.05) is 17.7 Å². The Bertz CT molecular complexity index is 501. The molecule has 19 heavy (non-hydrogen) atoms. The Balaban J connectivity index is 1.84. The predicted octanol–water partition coefficient (Wildman–Crippen LogP) is 3.15. The zero-order valence-electron chi connectivity index (χ0n) is 11.2. The lowest BCUT2D eigenvalue weighted by atomic mass is 9.75. The summed E-state index contributed by atoms with van der Waals surface area (Å²) in [5.41, 5.74) is 2.53. The molecule has 1 aliphatic carbocycles. The molecule has 4 heteroatoms. The van der Waals surface area contributed by atoms with Crippen molar-refractivity contribution < 1.29 is 4.74 Å². The molecule has 2 heterocycles. The number of nitrogens with zero attached hydrogens (tertiary/aromatic N) is 1. The largest absolute Gasteiger partial charge is 0.494 e. The molecule has 0 radical (unpaired) electrons. The summed E-state index contributed by atoms with van der Waals surface area (Å²) in [5.74, 6) is 2.27. The van der Waals surface area contributed by atoms with Gasteiger partial charge in [0.1, 0.15) is 0 Å². The first kappa shape index (κ1) is 12.9. The van der Waals surface area contributed by atoms with E-state index in [0.29, 0.717) is 10.9 Å². The Hall–Kier alpha value is -1.06. The van der Waals surface area contributed by atoms with E-state index in [1.807, 2.05) is 12.3 Å². The van der Waals surface area contributed by atoms with Crippen molar-refractivity contribution in [3.05, 3.63) is 29.1 Å². The van der Waals surface area contributed by atoms with Gasteiger partial charge < -0.3 is 10.1 Å². The third kappa shape index (κ3) is 2.63. The molecule has 2 unspecified atom stereocenters. The minimum atomic E-state index is 0.430. The monoisotopic (exact) mass is 278 g/mol.